The summed E-state index contributed by atoms with van der Waals surface area (Å²) in [5.74, 6) is 2.01. The summed E-state index contributed by atoms with van der Waals surface area (Å²) in [5.41, 5.74) is 2.48. The lowest BCUT2D eigenvalue weighted by Crippen LogP contribution is -2.48. The van der Waals surface area contributed by atoms with Gasteiger partial charge in [0.05, 0.1) is 0 Å². The Balaban J connectivity index is 1.70. The molecule has 1 aliphatic rings. The average molecular weight is 383 g/mol. The van der Waals surface area contributed by atoms with Crippen LogP contribution < -0.4 is 10.2 Å². The highest BCUT2D eigenvalue weighted by Gasteiger charge is 2.38. The van der Waals surface area contributed by atoms with E-state index in [1.165, 1.54) is 6.42 Å². The molecular weight excluding hydrogens is 356 g/mol. The Kier molecular flexibility index (Phi) is 6.93. The zero-order valence-electron chi connectivity index (χ0n) is 15.7. The third kappa shape index (κ3) is 4.72. The number of thioether (sulfide) groups is 1. The molecule has 1 N–H and O–H groups in total. The van der Waals surface area contributed by atoms with E-state index in [2.05, 4.69) is 12.2 Å². The van der Waals surface area contributed by atoms with E-state index >= 15 is 0 Å². The molecule has 0 spiro atoms. The molecule has 0 unspecified atom stereocenters. The van der Waals surface area contributed by atoms with Gasteiger partial charge in [-0.3, -0.25) is 14.5 Å². The van der Waals surface area contributed by atoms with Gasteiger partial charge in [0.1, 0.15) is 6.04 Å². The number of carbonyl (C=O) groups excluding carboxylic acids is 2. The van der Waals surface area contributed by atoms with Gasteiger partial charge in [-0.15, -0.1) is 0 Å². The predicted octanol–water partition coefficient (Wildman–Crippen LogP) is 3.91. The molecule has 1 atom stereocenters. The van der Waals surface area contributed by atoms with Crippen molar-refractivity contribution in [3.05, 3.63) is 65.7 Å². The highest BCUT2D eigenvalue weighted by Crippen LogP contribution is 2.33. The first-order valence-corrected chi connectivity index (χ1v) is 10.7. The molecule has 0 saturated heterocycles. The molecule has 2 aromatic carbocycles. The van der Waals surface area contributed by atoms with Crippen LogP contribution >= 0.6 is 11.8 Å². The van der Waals surface area contributed by atoms with Gasteiger partial charge >= 0.3 is 0 Å². The minimum absolute atomic E-state index is 0.0732. The Morgan fingerprint density at radius 2 is 1.81 bits per heavy atom. The van der Waals surface area contributed by atoms with Gasteiger partial charge in [-0.2, -0.15) is 11.8 Å². The number of amides is 2. The van der Waals surface area contributed by atoms with Gasteiger partial charge in [0, 0.05) is 24.2 Å². The highest BCUT2D eigenvalue weighted by atomic mass is 32.2. The molecule has 0 aliphatic carbocycles. The Hall–Kier alpha value is -2.27. The van der Waals surface area contributed by atoms with E-state index in [4.69, 9.17) is 0 Å². The summed E-state index contributed by atoms with van der Waals surface area (Å²) in [7, 11) is 0. The number of hydrogen-bond donors (Lipinski definition) is 1. The van der Waals surface area contributed by atoms with Crippen molar-refractivity contribution in [2.45, 2.75) is 32.2 Å². The van der Waals surface area contributed by atoms with E-state index in [0.29, 0.717) is 18.5 Å². The van der Waals surface area contributed by atoms with E-state index in [0.717, 1.165) is 29.2 Å². The van der Waals surface area contributed by atoms with Crippen LogP contribution in [0, 0.1) is 0 Å². The van der Waals surface area contributed by atoms with Crippen molar-refractivity contribution in [2.24, 2.45) is 0 Å². The first kappa shape index (κ1) is 19.5. The fourth-order valence-electron chi connectivity index (χ4n) is 3.32. The molecule has 0 saturated carbocycles. The van der Waals surface area contributed by atoms with E-state index in [9.17, 15) is 9.59 Å². The third-order valence-electron chi connectivity index (χ3n) is 4.63. The highest BCUT2D eigenvalue weighted by molar-refractivity contribution is 7.99. The lowest BCUT2D eigenvalue weighted by Gasteiger charge is -2.25. The molecule has 5 heteroatoms. The Labute approximate surface area is 165 Å². The Bertz CT molecular complexity index is 779. The predicted molar refractivity (Wildman–Crippen MR) is 112 cm³/mol. The molecule has 142 valence electrons. The average Bonchev–Trinajstić information content (AvgIpc) is 3.10. The normalized spacial score (nSPS) is 15.4. The van der Waals surface area contributed by atoms with Crippen LogP contribution in [0.2, 0.25) is 0 Å². The summed E-state index contributed by atoms with van der Waals surface area (Å²) in [6.45, 7) is 2.82. The second-order valence-electron chi connectivity index (χ2n) is 6.65. The SMILES string of the molecule is CCCSCCCNC(=O)[C@@H]1Cc2ccccc2N1C(=O)c1ccccc1. The van der Waals surface area contributed by atoms with Crippen molar-refractivity contribution in [1.82, 2.24) is 5.32 Å². The number of anilines is 1. The fraction of sp³-hybridized carbons (Fsp3) is 0.364. The van der Waals surface area contributed by atoms with Gasteiger partial charge in [0.2, 0.25) is 5.91 Å². The van der Waals surface area contributed by atoms with E-state index in [1.54, 1.807) is 17.0 Å². The van der Waals surface area contributed by atoms with Crippen molar-refractivity contribution < 1.29 is 9.59 Å². The van der Waals surface area contributed by atoms with Crippen LogP contribution in [0.15, 0.2) is 54.6 Å². The van der Waals surface area contributed by atoms with Crippen LogP contribution in [0.25, 0.3) is 0 Å². The zero-order chi connectivity index (χ0) is 19.1. The van der Waals surface area contributed by atoms with E-state index in [-0.39, 0.29) is 11.8 Å². The maximum Gasteiger partial charge on any atom is 0.259 e. The molecule has 0 bridgehead atoms. The summed E-state index contributed by atoms with van der Waals surface area (Å²) < 4.78 is 0. The molecule has 2 aromatic rings. The summed E-state index contributed by atoms with van der Waals surface area (Å²) in [5, 5.41) is 3.03. The Morgan fingerprint density at radius 3 is 2.59 bits per heavy atom. The van der Waals surface area contributed by atoms with Crippen LogP contribution in [0.3, 0.4) is 0 Å². The van der Waals surface area contributed by atoms with Gasteiger partial charge in [-0.1, -0.05) is 43.3 Å². The van der Waals surface area contributed by atoms with Gasteiger partial charge in [0.25, 0.3) is 5.91 Å². The molecule has 1 aliphatic heterocycles. The molecule has 4 nitrogen and oxygen atoms in total. The van der Waals surface area contributed by atoms with Gasteiger partial charge < -0.3 is 5.32 Å². The van der Waals surface area contributed by atoms with Crippen molar-refractivity contribution in [2.75, 3.05) is 23.0 Å². The van der Waals surface area contributed by atoms with E-state index < -0.39 is 6.04 Å². The maximum absolute atomic E-state index is 13.1. The molecule has 0 radical (unpaired) electrons. The maximum atomic E-state index is 13.1. The number of rotatable bonds is 8. The molecular formula is C22H26N2O2S. The van der Waals surface area contributed by atoms with Crippen molar-refractivity contribution in [1.29, 1.82) is 0 Å². The third-order valence-corrected chi connectivity index (χ3v) is 5.91. The number of para-hydroxylation sites is 1. The second kappa shape index (κ2) is 9.60. The largest absolute Gasteiger partial charge is 0.354 e. The molecule has 1 heterocycles. The van der Waals surface area contributed by atoms with Crippen LogP contribution in [0.4, 0.5) is 5.69 Å². The van der Waals surface area contributed by atoms with E-state index in [1.807, 2.05) is 54.2 Å². The summed E-state index contributed by atoms with van der Waals surface area (Å²) >= 11 is 1.91. The number of nitrogens with zero attached hydrogens (tertiary/aromatic N) is 1. The quantitative estimate of drug-likeness (QED) is 0.704. The first-order valence-electron chi connectivity index (χ1n) is 9.54. The number of nitrogens with one attached hydrogen (secondary N) is 1. The fourth-order valence-corrected chi connectivity index (χ4v) is 4.16. The smallest absolute Gasteiger partial charge is 0.259 e. The standard InChI is InChI=1S/C22H26N2O2S/c1-2-14-27-15-8-13-23-21(25)20-16-18-11-6-7-12-19(18)24(20)22(26)17-9-4-3-5-10-17/h3-7,9-12,20H,2,8,13-16H2,1H3,(H,23,25)/t20-/m0/s1. The van der Waals surface area contributed by atoms with Crippen LogP contribution in [-0.4, -0.2) is 35.9 Å². The lowest BCUT2D eigenvalue weighted by atomic mass is 10.1. The number of carbonyl (C=O) groups is 2. The van der Waals surface area contributed by atoms with Gasteiger partial charge in [-0.05, 0) is 48.1 Å². The van der Waals surface area contributed by atoms with Crippen LogP contribution in [0.5, 0.6) is 0 Å². The number of fused-ring (bicyclic) bond motifs is 1. The first-order chi connectivity index (χ1) is 13.2. The van der Waals surface area contributed by atoms with Gasteiger partial charge in [-0.25, -0.2) is 0 Å². The lowest BCUT2D eigenvalue weighted by molar-refractivity contribution is -0.122. The molecule has 0 aromatic heterocycles. The Morgan fingerprint density at radius 1 is 1.07 bits per heavy atom. The molecule has 27 heavy (non-hydrogen) atoms. The molecule has 0 fully saturated rings. The minimum Gasteiger partial charge on any atom is -0.354 e. The van der Waals surface area contributed by atoms with Crippen LogP contribution in [-0.2, 0) is 11.2 Å². The van der Waals surface area contributed by atoms with Crippen molar-refractivity contribution in [3.8, 4) is 0 Å². The van der Waals surface area contributed by atoms with Crippen LogP contribution in [0.1, 0.15) is 35.7 Å². The monoisotopic (exact) mass is 382 g/mol. The molecule has 3 rings (SSSR count). The summed E-state index contributed by atoms with van der Waals surface area (Å²) in [4.78, 5) is 27.6. The second-order valence-corrected chi connectivity index (χ2v) is 7.87. The summed E-state index contributed by atoms with van der Waals surface area (Å²) in [6, 6.07) is 16.5. The number of benzene rings is 2. The zero-order valence-corrected chi connectivity index (χ0v) is 16.5. The minimum atomic E-state index is -0.488. The topological polar surface area (TPSA) is 49.4 Å². The summed E-state index contributed by atoms with van der Waals surface area (Å²) in [6.07, 6.45) is 2.68. The van der Waals surface area contributed by atoms with Crippen molar-refractivity contribution >= 4 is 29.3 Å². The number of hydrogen-bond acceptors (Lipinski definition) is 3. The van der Waals surface area contributed by atoms with Gasteiger partial charge in [0.15, 0.2) is 0 Å². The molecule has 2 amide bonds. The van der Waals surface area contributed by atoms with Crippen molar-refractivity contribution in [3.63, 3.8) is 0 Å².